The Morgan fingerprint density at radius 1 is 1.20 bits per heavy atom. The molecule has 5 heteroatoms. The molecule has 1 atom stereocenters. The van der Waals surface area contributed by atoms with Gasteiger partial charge in [-0.2, -0.15) is 0 Å². The minimum Gasteiger partial charge on any atom is -0.480 e. The van der Waals surface area contributed by atoms with Crippen LogP contribution in [0.2, 0.25) is 0 Å². The van der Waals surface area contributed by atoms with E-state index in [1.165, 1.54) is 0 Å². The molecule has 1 amide bonds. The van der Waals surface area contributed by atoms with E-state index in [0.29, 0.717) is 5.56 Å². The lowest BCUT2D eigenvalue weighted by Crippen LogP contribution is -2.41. The van der Waals surface area contributed by atoms with Gasteiger partial charge in [-0.3, -0.25) is 4.79 Å². The highest BCUT2D eigenvalue weighted by Gasteiger charge is 2.20. The van der Waals surface area contributed by atoms with Crippen LogP contribution in [0, 0.1) is 0 Å². The molecular formula is C15H21NO4. The standard InChI is InChI=1S/C15H21NO4/c1-15(2,3)11-6-4-10(5-7-11)13(18)16-12(8-9-17)14(19)20/h4-7,12,17H,8-9H2,1-3H3,(H,16,18)(H,19,20)/t12-/m0/s1. The van der Waals surface area contributed by atoms with Crippen molar-refractivity contribution in [2.24, 2.45) is 0 Å². The maximum Gasteiger partial charge on any atom is 0.326 e. The lowest BCUT2D eigenvalue weighted by atomic mass is 9.86. The summed E-state index contributed by atoms with van der Waals surface area (Å²) in [6.45, 7) is 5.93. The van der Waals surface area contributed by atoms with Crippen LogP contribution < -0.4 is 5.32 Å². The zero-order valence-electron chi connectivity index (χ0n) is 12.0. The summed E-state index contributed by atoms with van der Waals surface area (Å²) in [6, 6.07) is 5.99. The summed E-state index contributed by atoms with van der Waals surface area (Å²) in [6.07, 6.45) is -0.0127. The molecule has 0 heterocycles. The van der Waals surface area contributed by atoms with Gasteiger partial charge in [0.1, 0.15) is 6.04 Å². The SMILES string of the molecule is CC(C)(C)c1ccc(C(=O)N[C@@H](CCO)C(=O)O)cc1. The molecule has 0 saturated carbocycles. The van der Waals surface area contributed by atoms with Gasteiger partial charge in [-0.1, -0.05) is 32.9 Å². The van der Waals surface area contributed by atoms with Crippen LogP contribution in [0.25, 0.3) is 0 Å². The number of carboxylic acids is 1. The number of amides is 1. The summed E-state index contributed by atoms with van der Waals surface area (Å²) in [5.41, 5.74) is 1.50. The normalized spacial score (nSPS) is 12.8. The quantitative estimate of drug-likeness (QED) is 0.763. The first-order valence-corrected chi connectivity index (χ1v) is 6.51. The Kier molecular flexibility index (Phi) is 5.27. The molecule has 1 aromatic carbocycles. The molecule has 0 aliphatic heterocycles. The number of rotatable bonds is 5. The van der Waals surface area contributed by atoms with E-state index < -0.39 is 17.9 Å². The van der Waals surface area contributed by atoms with Crippen LogP contribution in [0.15, 0.2) is 24.3 Å². The third kappa shape index (κ3) is 4.35. The van der Waals surface area contributed by atoms with Gasteiger partial charge >= 0.3 is 5.97 Å². The fraction of sp³-hybridized carbons (Fsp3) is 0.467. The van der Waals surface area contributed by atoms with Crippen molar-refractivity contribution in [3.8, 4) is 0 Å². The van der Waals surface area contributed by atoms with Gasteiger partial charge in [-0.15, -0.1) is 0 Å². The Bertz CT molecular complexity index is 474. The molecule has 0 radical (unpaired) electrons. The van der Waals surface area contributed by atoms with Crippen molar-refractivity contribution >= 4 is 11.9 Å². The van der Waals surface area contributed by atoms with Crippen molar-refractivity contribution in [1.82, 2.24) is 5.32 Å². The number of aliphatic hydroxyl groups excluding tert-OH is 1. The van der Waals surface area contributed by atoms with Crippen LogP contribution in [-0.2, 0) is 10.2 Å². The number of carboxylic acid groups (broad SMARTS) is 1. The minimum atomic E-state index is -1.15. The van der Waals surface area contributed by atoms with Crippen molar-refractivity contribution in [3.05, 3.63) is 35.4 Å². The third-order valence-electron chi connectivity index (χ3n) is 3.03. The molecule has 5 nitrogen and oxygen atoms in total. The average molecular weight is 279 g/mol. The Morgan fingerprint density at radius 2 is 1.75 bits per heavy atom. The molecular weight excluding hydrogens is 258 g/mol. The number of aliphatic carboxylic acids is 1. The van der Waals surface area contributed by atoms with Crippen molar-refractivity contribution in [2.45, 2.75) is 38.6 Å². The predicted octanol–water partition coefficient (Wildman–Crippen LogP) is 1.55. The summed E-state index contributed by atoms with van der Waals surface area (Å²) in [4.78, 5) is 22.9. The number of benzene rings is 1. The van der Waals surface area contributed by atoms with Gasteiger partial charge in [0.25, 0.3) is 5.91 Å². The van der Waals surface area contributed by atoms with Gasteiger partial charge in [0.2, 0.25) is 0 Å². The number of hydrogen-bond donors (Lipinski definition) is 3. The summed E-state index contributed by atoms with van der Waals surface area (Å²) >= 11 is 0. The fourth-order valence-electron chi connectivity index (χ4n) is 1.75. The smallest absolute Gasteiger partial charge is 0.326 e. The molecule has 0 aliphatic rings. The summed E-state index contributed by atoms with van der Waals surface area (Å²) in [5, 5.41) is 20.1. The van der Waals surface area contributed by atoms with Gasteiger partial charge in [0.05, 0.1) is 0 Å². The van der Waals surface area contributed by atoms with E-state index in [-0.39, 0.29) is 18.4 Å². The second-order valence-electron chi connectivity index (χ2n) is 5.70. The van der Waals surface area contributed by atoms with Crippen molar-refractivity contribution in [2.75, 3.05) is 6.61 Å². The van der Waals surface area contributed by atoms with Gasteiger partial charge in [0.15, 0.2) is 0 Å². The zero-order valence-corrected chi connectivity index (χ0v) is 12.0. The molecule has 110 valence electrons. The molecule has 0 bridgehead atoms. The first kappa shape index (κ1) is 16.2. The molecule has 0 spiro atoms. The van der Waals surface area contributed by atoms with Crippen molar-refractivity contribution in [3.63, 3.8) is 0 Å². The first-order chi connectivity index (χ1) is 9.25. The Morgan fingerprint density at radius 3 is 2.15 bits per heavy atom. The van der Waals surface area contributed by atoms with Gasteiger partial charge < -0.3 is 15.5 Å². The summed E-state index contributed by atoms with van der Waals surface area (Å²) in [5.74, 6) is -1.61. The van der Waals surface area contributed by atoms with Gasteiger partial charge in [-0.25, -0.2) is 4.79 Å². The molecule has 3 N–H and O–H groups in total. The molecule has 0 unspecified atom stereocenters. The minimum absolute atomic E-state index is 0.00447. The van der Waals surface area contributed by atoms with Crippen LogP contribution in [0.5, 0.6) is 0 Å². The Labute approximate surface area is 118 Å². The number of carbonyl (C=O) groups excluding carboxylic acids is 1. The number of aliphatic hydroxyl groups is 1. The van der Waals surface area contributed by atoms with E-state index in [9.17, 15) is 9.59 Å². The highest BCUT2D eigenvalue weighted by molar-refractivity contribution is 5.96. The van der Waals surface area contributed by atoms with E-state index in [4.69, 9.17) is 10.2 Å². The van der Waals surface area contributed by atoms with Crippen LogP contribution >= 0.6 is 0 Å². The lowest BCUT2D eigenvalue weighted by Gasteiger charge is -2.19. The van der Waals surface area contributed by atoms with Crippen molar-refractivity contribution in [1.29, 1.82) is 0 Å². The summed E-state index contributed by atoms with van der Waals surface area (Å²) in [7, 11) is 0. The number of carbonyl (C=O) groups is 2. The van der Waals surface area contributed by atoms with Crippen LogP contribution in [-0.4, -0.2) is 34.7 Å². The maximum absolute atomic E-state index is 11.9. The second-order valence-corrected chi connectivity index (χ2v) is 5.70. The Hall–Kier alpha value is -1.88. The van der Waals surface area contributed by atoms with E-state index in [1.54, 1.807) is 12.1 Å². The van der Waals surface area contributed by atoms with Gasteiger partial charge in [0, 0.05) is 18.6 Å². The fourth-order valence-corrected chi connectivity index (χ4v) is 1.75. The molecule has 1 rings (SSSR count). The first-order valence-electron chi connectivity index (χ1n) is 6.51. The second kappa shape index (κ2) is 6.52. The largest absolute Gasteiger partial charge is 0.480 e. The predicted molar refractivity (Wildman–Crippen MR) is 75.7 cm³/mol. The molecule has 0 aliphatic carbocycles. The molecule has 1 aromatic rings. The molecule has 0 fully saturated rings. The average Bonchev–Trinajstić information content (AvgIpc) is 2.37. The monoisotopic (exact) mass is 279 g/mol. The van der Waals surface area contributed by atoms with E-state index in [2.05, 4.69) is 26.1 Å². The number of nitrogens with one attached hydrogen (secondary N) is 1. The zero-order chi connectivity index (χ0) is 15.3. The van der Waals surface area contributed by atoms with E-state index >= 15 is 0 Å². The Balaban J connectivity index is 2.80. The van der Waals surface area contributed by atoms with Gasteiger partial charge in [-0.05, 0) is 23.1 Å². The highest BCUT2D eigenvalue weighted by Crippen LogP contribution is 2.22. The van der Waals surface area contributed by atoms with Crippen LogP contribution in [0.4, 0.5) is 0 Å². The van der Waals surface area contributed by atoms with E-state index in [0.717, 1.165) is 5.56 Å². The molecule has 0 aromatic heterocycles. The molecule has 0 saturated heterocycles. The maximum atomic E-state index is 11.9. The topological polar surface area (TPSA) is 86.6 Å². The van der Waals surface area contributed by atoms with E-state index in [1.807, 2.05) is 12.1 Å². The number of hydrogen-bond acceptors (Lipinski definition) is 3. The molecule has 20 heavy (non-hydrogen) atoms. The van der Waals surface area contributed by atoms with Crippen LogP contribution in [0.1, 0.15) is 43.1 Å². The van der Waals surface area contributed by atoms with Crippen molar-refractivity contribution < 1.29 is 19.8 Å². The van der Waals surface area contributed by atoms with Crippen LogP contribution in [0.3, 0.4) is 0 Å². The lowest BCUT2D eigenvalue weighted by molar-refractivity contribution is -0.139. The highest BCUT2D eigenvalue weighted by atomic mass is 16.4. The summed E-state index contributed by atoms with van der Waals surface area (Å²) < 4.78 is 0. The third-order valence-corrected chi connectivity index (χ3v) is 3.03.